The Kier molecular flexibility index (Phi) is 7.54. The van der Waals surface area contributed by atoms with Gasteiger partial charge in [0.05, 0.1) is 25.3 Å². The predicted molar refractivity (Wildman–Crippen MR) is 147 cm³/mol. The topological polar surface area (TPSA) is 129 Å². The molecule has 3 aromatic rings. The van der Waals surface area contributed by atoms with Crippen LogP contribution in [0.15, 0.2) is 24.3 Å². The molecule has 0 spiro atoms. The van der Waals surface area contributed by atoms with Crippen LogP contribution < -0.4 is 10.2 Å². The van der Waals surface area contributed by atoms with E-state index in [1.807, 2.05) is 18.2 Å². The van der Waals surface area contributed by atoms with E-state index in [1.165, 1.54) is 12.8 Å². The minimum atomic E-state index is -1.35. The summed E-state index contributed by atoms with van der Waals surface area (Å²) in [6, 6.07) is 7.58. The Morgan fingerprint density at radius 3 is 2.50 bits per heavy atom. The second kappa shape index (κ2) is 10.9. The van der Waals surface area contributed by atoms with E-state index in [2.05, 4.69) is 40.5 Å². The van der Waals surface area contributed by atoms with Crippen LogP contribution in [0.5, 0.6) is 0 Å². The van der Waals surface area contributed by atoms with E-state index in [9.17, 15) is 9.90 Å². The van der Waals surface area contributed by atoms with Crippen molar-refractivity contribution in [2.24, 2.45) is 11.8 Å². The highest BCUT2D eigenvalue weighted by atomic mass is 35.5. The maximum atomic E-state index is 11.3. The number of anilines is 1. The molecule has 1 saturated heterocycles. The zero-order chi connectivity index (χ0) is 27.0. The van der Waals surface area contributed by atoms with Gasteiger partial charge in [0.2, 0.25) is 5.95 Å². The molecule has 2 aromatic heterocycles. The standard InChI is InChI=1S/C27H34ClN7O3/c1-15-7-9-18(10-8-15)12-34-22-21(19-5-4-6-20(28)11-19)30-25(23(29)31-27(36)37)32-24(22)33-26(34)35-16(2)13-38-14-17(35)3/h4-6,11,15-18H,7-10,12-14H2,1-3H3,(H2,29,31)(H,36,37)/t15-,16-,17+,18-. The first-order valence-corrected chi connectivity index (χ1v) is 13.6. The summed E-state index contributed by atoms with van der Waals surface area (Å²) >= 11 is 6.37. The molecule has 1 amide bonds. The lowest BCUT2D eigenvalue weighted by molar-refractivity contribution is 0.0741. The number of halogens is 1. The summed E-state index contributed by atoms with van der Waals surface area (Å²) in [4.78, 5) is 27.9. The summed E-state index contributed by atoms with van der Waals surface area (Å²) in [5.41, 5.74) is 2.51. The molecule has 1 aliphatic carbocycles. The number of carboxylic acid groups (broad SMARTS) is 1. The van der Waals surface area contributed by atoms with Gasteiger partial charge < -0.3 is 19.3 Å². The van der Waals surface area contributed by atoms with Crippen LogP contribution in [0.3, 0.4) is 0 Å². The van der Waals surface area contributed by atoms with Crippen LogP contribution in [-0.4, -0.2) is 61.9 Å². The maximum absolute atomic E-state index is 11.3. The minimum Gasteiger partial charge on any atom is -0.465 e. The quantitative estimate of drug-likeness (QED) is 0.301. The van der Waals surface area contributed by atoms with Crippen LogP contribution in [0.1, 0.15) is 52.3 Å². The van der Waals surface area contributed by atoms with E-state index in [-0.39, 0.29) is 17.9 Å². The lowest BCUT2D eigenvalue weighted by atomic mass is 9.83. The Bertz CT molecular complexity index is 1340. The van der Waals surface area contributed by atoms with E-state index in [0.717, 1.165) is 42.3 Å². The number of nitrogens with zero attached hydrogens (tertiary/aromatic N) is 5. The van der Waals surface area contributed by atoms with Crippen LogP contribution in [0, 0.1) is 17.2 Å². The molecule has 0 unspecified atom stereocenters. The van der Waals surface area contributed by atoms with Crippen molar-refractivity contribution in [3.05, 3.63) is 35.1 Å². The fourth-order valence-electron chi connectivity index (χ4n) is 5.67. The van der Waals surface area contributed by atoms with Gasteiger partial charge in [-0.15, -0.1) is 0 Å². The van der Waals surface area contributed by atoms with E-state index in [4.69, 9.17) is 31.7 Å². The molecular formula is C27H34ClN7O3. The van der Waals surface area contributed by atoms with Gasteiger partial charge in [-0.2, -0.15) is 4.98 Å². The van der Waals surface area contributed by atoms with E-state index in [0.29, 0.717) is 35.5 Å². The summed E-state index contributed by atoms with van der Waals surface area (Å²) in [6.45, 7) is 8.54. The number of amidine groups is 1. The van der Waals surface area contributed by atoms with Crippen LogP contribution >= 0.6 is 11.6 Å². The largest absolute Gasteiger partial charge is 0.465 e. The van der Waals surface area contributed by atoms with Gasteiger partial charge in [0, 0.05) is 17.1 Å². The number of amides is 1. The van der Waals surface area contributed by atoms with Crippen LogP contribution in [0.25, 0.3) is 22.4 Å². The van der Waals surface area contributed by atoms with Crippen molar-refractivity contribution in [2.45, 2.75) is 65.1 Å². The molecule has 1 aliphatic heterocycles. The Morgan fingerprint density at radius 1 is 1.13 bits per heavy atom. The number of rotatable bonds is 5. The second-order valence-electron chi connectivity index (χ2n) is 10.7. The molecule has 202 valence electrons. The average molecular weight is 540 g/mol. The molecule has 1 aromatic carbocycles. The van der Waals surface area contributed by atoms with Gasteiger partial charge in [0.25, 0.3) is 0 Å². The fourth-order valence-corrected chi connectivity index (χ4v) is 5.86. The number of nitrogens with one attached hydrogen (secondary N) is 2. The molecule has 0 bridgehead atoms. The first-order chi connectivity index (χ1) is 18.2. The Labute approximate surface area is 226 Å². The molecule has 0 radical (unpaired) electrons. The van der Waals surface area contributed by atoms with Gasteiger partial charge in [-0.05, 0) is 50.7 Å². The third kappa shape index (κ3) is 5.33. The van der Waals surface area contributed by atoms with Crippen molar-refractivity contribution in [1.82, 2.24) is 24.8 Å². The number of benzene rings is 1. The van der Waals surface area contributed by atoms with E-state index >= 15 is 0 Å². The monoisotopic (exact) mass is 539 g/mol. The summed E-state index contributed by atoms with van der Waals surface area (Å²) in [5.74, 6) is 1.58. The number of imidazole rings is 1. The van der Waals surface area contributed by atoms with Crippen LogP contribution in [-0.2, 0) is 11.3 Å². The van der Waals surface area contributed by atoms with Crippen LogP contribution in [0.2, 0.25) is 5.02 Å². The molecule has 3 heterocycles. The van der Waals surface area contributed by atoms with Crippen molar-refractivity contribution in [2.75, 3.05) is 18.1 Å². The van der Waals surface area contributed by atoms with Crippen LogP contribution in [0.4, 0.5) is 10.7 Å². The number of fused-ring (bicyclic) bond motifs is 1. The van der Waals surface area contributed by atoms with Crippen molar-refractivity contribution >= 4 is 40.6 Å². The zero-order valence-corrected chi connectivity index (χ0v) is 22.7. The maximum Gasteiger partial charge on any atom is 0.410 e. The van der Waals surface area contributed by atoms with Crippen molar-refractivity contribution in [3.63, 3.8) is 0 Å². The van der Waals surface area contributed by atoms with Crippen molar-refractivity contribution in [1.29, 1.82) is 5.41 Å². The Hall–Kier alpha value is -3.24. The summed E-state index contributed by atoms with van der Waals surface area (Å²) < 4.78 is 8.04. The SMILES string of the molecule is C[C@@H]1COC[C@H](C)N1c1nc2nc(C(=N)NC(=O)O)nc(-c3cccc(Cl)c3)c2n1C[C@H]1CC[C@H](C)CC1. The normalized spacial score (nSPS) is 23.9. The Morgan fingerprint density at radius 2 is 1.84 bits per heavy atom. The molecule has 1 saturated carbocycles. The highest BCUT2D eigenvalue weighted by molar-refractivity contribution is 6.30. The molecule has 2 aliphatic rings. The molecule has 2 fully saturated rings. The third-order valence-corrected chi connectivity index (χ3v) is 7.85. The molecule has 5 rings (SSSR count). The molecule has 10 nitrogen and oxygen atoms in total. The number of aromatic nitrogens is 4. The number of hydrogen-bond donors (Lipinski definition) is 3. The number of ether oxygens (including phenoxy) is 1. The molecule has 3 N–H and O–H groups in total. The Balaban J connectivity index is 1.73. The van der Waals surface area contributed by atoms with Gasteiger partial charge in [-0.3, -0.25) is 10.7 Å². The lowest BCUT2D eigenvalue weighted by Crippen LogP contribution is -2.51. The van der Waals surface area contributed by atoms with Gasteiger partial charge >= 0.3 is 6.09 Å². The summed E-state index contributed by atoms with van der Waals surface area (Å²) in [7, 11) is 0. The first-order valence-electron chi connectivity index (χ1n) is 13.2. The van der Waals surface area contributed by atoms with E-state index in [1.54, 1.807) is 6.07 Å². The molecular weight excluding hydrogens is 506 g/mol. The number of morpholine rings is 1. The molecule has 38 heavy (non-hydrogen) atoms. The smallest absolute Gasteiger partial charge is 0.410 e. The third-order valence-electron chi connectivity index (χ3n) is 7.61. The molecule has 11 heteroatoms. The highest BCUT2D eigenvalue weighted by Gasteiger charge is 2.33. The van der Waals surface area contributed by atoms with Gasteiger partial charge in [0.15, 0.2) is 17.3 Å². The fraction of sp³-hybridized carbons (Fsp3) is 0.519. The predicted octanol–water partition coefficient (Wildman–Crippen LogP) is 5.18. The van der Waals surface area contributed by atoms with Gasteiger partial charge in [-0.25, -0.2) is 14.8 Å². The number of hydrogen-bond acceptors (Lipinski definition) is 7. The highest BCUT2D eigenvalue weighted by Crippen LogP contribution is 2.36. The zero-order valence-electron chi connectivity index (χ0n) is 21.9. The first kappa shape index (κ1) is 26.4. The van der Waals surface area contributed by atoms with Crippen molar-refractivity contribution in [3.8, 4) is 11.3 Å². The van der Waals surface area contributed by atoms with E-state index < -0.39 is 11.9 Å². The minimum absolute atomic E-state index is 0.0411. The van der Waals surface area contributed by atoms with Gasteiger partial charge in [-0.1, -0.05) is 43.5 Å². The lowest BCUT2D eigenvalue weighted by Gasteiger charge is -2.40. The van der Waals surface area contributed by atoms with Crippen molar-refractivity contribution < 1.29 is 14.6 Å². The van der Waals surface area contributed by atoms with Gasteiger partial charge in [0.1, 0.15) is 11.2 Å². The molecule has 2 atom stereocenters. The summed E-state index contributed by atoms with van der Waals surface area (Å²) in [5, 5.41) is 20.1. The second-order valence-corrected chi connectivity index (χ2v) is 11.1. The summed E-state index contributed by atoms with van der Waals surface area (Å²) in [6.07, 6.45) is 3.35. The number of carbonyl (C=O) groups is 1. The average Bonchev–Trinajstić information content (AvgIpc) is 3.22.